The lowest BCUT2D eigenvalue weighted by atomic mass is 10.00. The van der Waals surface area contributed by atoms with Gasteiger partial charge in [-0.25, -0.2) is 0 Å². The minimum Gasteiger partial charge on any atom is -0.309 e. The first kappa shape index (κ1) is 26.2. The van der Waals surface area contributed by atoms with Crippen molar-refractivity contribution in [3.8, 4) is 33.4 Å². The fourth-order valence-electron chi connectivity index (χ4n) is 6.06. The highest BCUT2D eigenvalue weighted by Crippen LogP contribution is 2.45. The van der Waals surface area contributed by atoms with Gasteiger partial charge in [-0.1, -0.05) is 140 Å². The van der Waals surface area contributed by atoms with E-state index in [0.29, 0.717) is 0 Å². The molecule has 0 N–H and O–H groups in total. The first-order valence-electron chi connectivity index (χ1n) is 14.9. The average molecular weight is 580 g/mol. The Hall–Kier alpha value is -5.44. The molecule has 2 heteroatoms. The summed E-state index contributed by atoms with van der Waals surface area (Å²) in [5.41, 5.74) is 10.8. The number of hydrogen-bond acceptors (Lipinski definition) is 2. The van der Waals surface area contributed by atoms with E-state index in [0.717, 1.165) is 11.4 Å². The van der Waals surface area contributed by atoms with E-state index in [-0.39, 0.29) is 0 Å². The zero-order chi connectivity index (χ0) is 29.3. The van der Waals surface area contributed by atoms with Crippen LogP contribution < -0.4 is 4.90 Å². The molecule has 0 saturated carbocycles. The second kappa shape index (κ2) is 11.3. The van der Waals surface area contributed by atoms with Crippen molar-refractivity contribution in [1.82, 2.24) is 0 Å². The van der Waals surface area contributed by atoms with Crippen LogP contribution in [0.25, 0.3) is 53.6 Å². The van der Waals surface area contributed by atoms with Gasteiger partial charge in [-0.2, -0.15) is 0 Å². The lowest BCUT2D eigenvalue weighted by molar-refractivity contribution is 1.30. The Balaban J connectivity index is 1.21. The Morgan fingerprint density at radius 3 is 1.25 bits per heavy atom. The molecule has 8 rings (SSSR count). The zero-order valence-corrected chi connectivity index (χ0v) is 24.9. The molecule has 1 nitrogen and oxygen atoms in total. The van der Waals surface area contributed by atoms with Crippen molar-refractivity contribution in [2.24, 2.45) is 0 Å². The van der Waals surface area contributed by atoms with Crippen LogP contribution >= 0.6 is 11.3 Å². The molecule has 0 bridgehead atoms. The summed E-state index contributed by atoms with van der Waals surface area (Å²) < 4.78 is 2.60. The Morgan fingerprint density at radius 1 is 0.318 bits per heavy atom. The predicted octanol–water partition coefficient (Wildman–Crippen LogP) is 12.5. The maximum absolute atomic E-state index is 2.40. The van der Waals surface area contributed by atoms with E-state index in [9.17, 15) is 0 Å². The van der Waals surface area contributed by atoms with Gasteiger partial charge in [0.1, 0.15) is 0 Å². The van der Waals surface area contributed by atoms with Crippen LogP contribution in [-0.4, -0.2) is 0 Å². The van der Waals surface area contributed by atoms with Gasteiger partial charge >= 0.3 is 0 Å². The minimum absolute atomic E-state index is 1.13. The largest absolute Gasteiger partial charge is 0.309 e. The first-order chi connectivity index (χ1) is 21.8. The molecule has 8 aromatic rings. The molecule has 0 spiro atoms. The number of rotatable bonds is 6. The van der Waals surface area contributed by atoms with E-state index in [1.54, 1.807) is 0 Å². The van der Waals surface area contributed by atoms with Crippen molar-refractivity contribution >= 4 is 48.6 Å². The number of anilines is 3. The van der Waals surface area contributed by atoms with Crippen LogP contribution in [0.5, 0.6) is 0 Å². The highest BCUT2D eigenvalue weighted by molar-refractivity contribution is 7.26. The number of nitrogens with zero attached hydrogens (tertiary/aromatic N) is 1. The quantitative estimate of drug-likeness (QED) is 0.189. The molecule has 44 heavy (non-hydrogen) atoms. The number of hydrogen-bond donors (Lipinski definition) is 0. The highest BCUT2D eigenvalue weighted by Gasteiger charge is 2.18. The Labute approximate surface area is 261 Å². The third-order valence-corrected chi connectivity index (χ3v) is 9.52. The SMILES string of the molecule is c1ccc(-c2ccc(-c3ccc(N(c4ccc(-c5ccccc5)cc4)c4cccc5c4sc4ccccc45)cc3)cc2)cc1. The second-order valence-electron chi connectivity index (χ2n) is 11.0. The molecule has 0 amide bonds. The molecule has 0 aliphatic heterocycles. The van der Waals surface area contributed by atoms with Gasteiger partial charge in [0.25, 0.3) is 0 Å². The van der Waals surface area contributed by atoms with E-state index < -0.39 is 0 Å². The molecule has 0 atom stereocenters. The molecule has 0 saturated heterocycles. The zero-order valence-electron chi connectivity index (χ0n) is 24.1. The van der Waals surface area contributed by atoms with Crippen LogP contribution in [0.4, 0.5) is 17.1 Å². The van der Waals surface area contributed by atoms with Gasteiger partial charge in [0.05, 0.1) is 10.4 Å². The van der Waals surface area contributed by atoms with Crippen molar-refractivity contribution < 1.29 is 0 Å². The van der Waals surface area contributed by atoms with Crippen molar-refractivity contribution in [2.45, 2.75) is 0 Å². The monoisotopic (exact) mass is 579 g/mol. The summed E-state index contributed by atoms with van der Waals surface area (Å²) in [4.78, 5) is 2.40. The molecular formula is C42H29NS. The summed E-state index contributed by atoms with van der Waals surface area (Å²) in [6.45, 7) is 0. The lowest BCUT2D eigenvalue weighted by Gasteiger charge is -2.26. The summed E-state index contributed by atoms with van der Waals surface area (Å²) in [7, 11) is 0. The van der Waals surface area contributed by atoms with Crippen LogP contribution in [0, 0.1) is 0 Å². The molecule has 1 heterocycles. The number of thiophene rings is 1. The summed E-state index contributed by atoms with van der Waals surface area (Å²) in [5, 5.41) is 2.60. The molecular weight excluding hydrogens is 551 g/mol. The van der Waals surface area contributed by atoms with Gasteiger partial charge in [0.15, 0.2) is 0 Å². The molecule has 1 aromatic heterocycles. The predicted molar refractivity (Wildman–Crippen MR) is 190 cm³/mol. The van der Waals surface area contributed by atoms with Crippen LogP contribution in [0.2, 0.25) is 0 Å². The first-order valence-corrected chi connectivity index (χ1v) is 15.8. The topological polar surface area (TPSA) is 3.24 Å². The number of benzene rings is 7. The Bertz CT molecular complexity index is 2180. The van der Waals surface area contributed by atoms with Crippen LogP contribution in [0.3, 0.4) is 0 Å². The molecule has 0 unspecified atom stereocenters. The van der Waals surface area contributed by atoms with Gasteiger partial charge < -0.3 is 4.90 Å². The van der Waals surface area contributed by atoms with Crippen molar-refractivity contribution in [3.63, 3.8) is 0 Å². The van der Waals surface area contributed by atoms with Crippen LogP contribution in [0.1, 0.15) is 0 Å². The number of fused-ring (bicyclic) bond motifs is 3. The van der Waals surface area contributed by atoms with Gasteiger partial charge in [0, 0.05) is 26.8 Å². The second-order valence-corrected chi connectivity index (χ2v) is 12.0. The van der Waals surface area contributed by atoms with Gasteiger partial charge in [-0.3, -0.25) is 0 Å². The fraction of sp³-hybridized carbons (Fsp3) is 0. The third kappa shape index (κ3) is 4.86. The molecule has 0 aliphatic rings. The van der Waals surface area contributed by atoms with E-state index in [1.807, 2.05) is 11.3 Å². The third-order valence-electron chi connectivity index (χ3n) is 8.31. The molecule has 7 aromatic carbocycles. The smallest absolute Gasteiger partial charge is 0.0640 e. The standard InChI is InChI=1S/C42H29NS/c1-3-10-30(11-4-1)32-18-20-33(21-19-32)35-24-28-37(29-25-35)43(36-26-22-34(23-27-36)31-12-5-2-6-13-31)40-16-9-15-39-38-14-7-8-17-41(38)44-42(39)40/h1-29H. The molecule has 0 fully saturated rings. The maximum atomic E-state index is 2.40. The molecule has 0 aliphatic carbocycles. The van der Waals surface area contributed by atoms with Gasteiger partial charge in [-0.05, 0) is 69.8 Å². The van der Waals surface area contributed by atoms with E-state index in [2.05, 4.69) is 181 Å². The lowest BCUT2D eigenvalue weighted by Crippen LogP contribution is -2.10. The fourth-order valence-corrected chi connectivity index (χ4v) is 7.26. The summed E-state index contributed by atoms with van der Waals surface area (Å²) in [6.07, 6.45) is 0. The van der Waals surface area contributed by atoms with E-state index >= 15 is 0 Å². The summed E-state index contributed by atoms with van der Waals surface area (Å²) in [5.74, 6) is 0. The average Bonchev–Trinajstić information content (AvgIpc) is 3.50. The maximum Gasteiger partial charge on any atom is 0.0640 e. The van der Waals surface area contributed by atoms with Crippen LogP contribution in [-0.2, 0) is 0 Å². The van der Waals surface area contributed by atoms with E-state index in [1.165, 1.54) is 59.2 Å². The normalized spacial score (nSPS) is 11.2. The Kier molecular flexibility index (Phi) is 6.75. The van der Waals surface area contributed by atoms with Crippen molar-refractivity contribution in [2.75, 3.05) is 4.90 Å². The molecule has 0 radical (unpaired) electrons. The minimum atomic E-state index is 1.13. The van der Waals surface area contributed by atoms with Gasteiger partial charge in [0.2, 0.25) is 0 Å². The van der Waals surface area contributed by atoms with Crippen molar-refractivity contribution in [1.29, 1.82) is 0 Å². The molecule has 208 valence electrons. The Morgan fingerprint density at radius 2 is 0.727 bits per heavy atom. The van der Waals surface area contributed by atoms with Crippen molar-refractivity contribution in [3.05, 3.63) is 176 Å². The summed E-state index contributed by atoms with van der Waals surface area (Å²) >= 11 is 1.86. The highest BCUT2D eigenvalue weighted by atomic mass is 32.1. The summed E-state index contributed by atoms with van der Waals surface area (Å²) in [6, 6.07) is 63.3. The van der Waals surface area contributed by atoms with E-state index in [4.69, 9.17) is 0 Å². The van der Waals surface area contributed by atoms with Gasteiger partial charge in [-0.15, -0.1) is 11.3 Å². The van der Waals surface area contributed by atoms with Crippen LogP contribution in [0.15, 0.2) is 176 Å².